The molecule has 1 fully saturated rings. The molecule has 2 aromatic carbocycles. The number of carbonyl (C=O) groups excluding carboxylic acids is 1. The molecule has 0 spiro atoms. The number of rotatable bonds is 3. The lowest BCUT2D eigenvalue weighted by atomic mass is 9.87. The van der Waals surface area contributed by atoms with Gasteiger partial charge in [0, 0.05) is 11.1 Å². The van der Waals surface area contributed by atoms with Crippen molar-refractivity contribution < 1.29 is 15.0 Å². The number of ketones is 1. The van der Waals surface area contributed by atoms with Gasteiger partial charge >= 0.3 is 0 Å². The molecule has 3 heteroatoms. The predicted octanol–water partition coefficient (Wildman–Crippen LogP) is 4.77. The van der Waals surface area contributed by atoms with Crippen LogP contribution < -0.4 is 0 Å². The molecule has 0 aliphatic heterocycles. The Kier molecular flexibility index (Phi) is 4.65. The fraction of sp³-hybridized carbons (Fsp3) is 0.350. The molecule has 3 rings (SSSR count). The van der Waals surface area contributed by atoms with Crippen LogP contribution in [0, 0.1) is 0 Å². The second-order valence-corrected chi connectivity index (χ2v) is 6.28. The molecule has 120 valence electrons. The number of phenols is 2. The van der Waals surface area contributed by atoms with Crippen molar-refractivity contribution in [3.63, 3.8) is 0 Å². The Morgan fingerprint density at radius 2 is 1.52 bits per heavy atom. The third-order valence-electron chi connectivity index (χ3n) is 4.74. The predicted molar refractivity (Wildman–Crippen MR) is 90.1 cm³/mol. The summed E-state index contributed by atoms with van der Waals surface area (Å²) in [6.07, 6.45) is 6.48. The van der Waals surface area contributed by atoms with Crippen LogP contribution in [0.5, 0.6) is 11.5 Å². The van der Waals surface area contributed by atoms with Crippen LogP contribution in [0.15, 0.2) is 42.5 Å². The van der Waals surface area contributed by atoms with Crippen LogP contribution in [0.2, 0.25) is 0 Å². The highest BCUT2D eigenvalue weighted by Gasteiger charge is 2.25. The van der Waals surface area contributed by atoms with E-state index >= 15 is 0 Å². The lowest BCUT2D eigenvalue weighted by molar-refractivity contribution is 0.103. The Bertz CT molecular complexity index is 684. The first-order valence-electron chi connectivity index (χ1n) is 8.33. The summed E-state index contributed by atoms with van der Waals surface area (Å²) in [6.45, 7) is 0. The Morgan fingerprint density at radius 1 is 0.870 bits per heavy atom. The molecule has 0 aromatic heterocycles. The van der Waals surface area contributed by atoms with Gasteiger partial charge in [0.25, 0.3) is 0 Å². The van der Waals surface area contributed by atoms with E-state index in [2.05, 4.69) is 0 Å². The van der Waals surface area contributed by atoms with E-state index < -0.39 is 0 Å². The van der Waals surface area contributed by atoms with Gasteiger partial charge in [0.2, 0.25) is 0 Å². The minimum atomic E-state index is -0.210. The molecule has 0 atom stereocenters. The van der Waals surface area contributed by atoms with Crippen LogP contribution >= 0.6 is 0 Å². The molecule has 1 saturated carbocycles. The van der Waals surface area contributed by atoms with Gasteiger partial charge in [0.15, 0.2) is 5.78 Å². The van der Waals surface area contributed by atoms with Crippen molar-refractivity contribution >= 4 is 5.78 Å². The maximum Gasteiger partial charge on any atom is 0.196 e. The number of aromatic hydroxyl groups is 2. The first-order chi connectivity index (χ1) is 11.2. The van der Waals surface area contributed by atoms with Crippen molar-refractivity contribution in [3.8, 4) is 11.5 Å². The zero-order valence-electron chi connectivity index (χ0n) is 13.2. The summed E-state index contributed by atoms with van der Waals surface area (Å²) in [6, 6.07) is 12.0. The topological polar surface area (TPSA) is 57.5 Å². The van der Waals surface area contributed by atoms with Gasteiger partial charge in [0.05, 0.1) is 5.56 Å². The summed E-state index contributed by atoms with van der Waals surface area (Å²) in [7, 11) is 0. The first kappa shape index (κ1) is 15.6. The van der Waals surface area contributed by atoms with Crippen LogP contribution in [0.25, 0.3) is 0 Å². The van der Waals surface area contributed by atoms with Crippen molar-refractivity contribution in [1.82, 2.24) is 0 Å². The highest BCUT2D eigenvalue weighted by molar-refractivity contribution is 6.11. The van der Waals surface area contributed by atoms with Crippen molar-refractivity contribution in [2.75, 3.05) is 0 Å². The van der Waals surface area contributed by atoms with Gasteiger partial charge in [-0.2, -0.15) is 0 Å². The fourth-order valence-corrected chi connectivity index (χ4v) is 3.50. The molecule has 0 unspecified atom stereocenters. The van der Waals surface area contributed by atoms with Crippen LogP contribution in [0.4, 0.5) is 0 Å². The highest BCUT2D eigenvalue weighted by atomic mass is 16.3. The standard InChI is InChI=1S/C20H22O3/c21-17-13-12-16(19(22)15-10-6-3-7-11-15)20(23)18(17)14-8-4-1-2-5-9-14/h3,6-7,10-14,21,23H,1-2,4-5,8-9H2. The molecular weight excluding hydrogens is 288 g/mol. The van der Waals surface area contributed by atoms with E-state index in [1.54, 1.807) is 24.3 Å². The zero-order valence-corrected chi connectivity index (χ0v) is 13.2. The molecule has 23 heavy (non-hydrogen) atoms. The maximum atomic E-state index is 12.6. The van der Waals surface area contributed by atoms with Crippen LogP contribution in [0.1, 0.15) is 65.9 Å². The van der Waals surface area contributed by atoms with Gasteiger partial charge in [-0.15, -0.1) is 0 Å². The van der Waals surface area contributed by atoms with Crippen molar-refractivity contribution in [1.29, 1.82) is 0 Å². The van der Waals surface area contributed by atoms with Crippen molar-refractivity contribution in [3.05, 3.63) is 59.2 Å². The average molecular weight is 310 g/mol. The van der Waals surface area contributed by atoms with Crippen LogP contribution in [-0.4, -0.2) is 16.0 Å². The van der Waals surface area contributed by atoms with Gasteiger partial charge < -0.3 is 10.2 Å². The summed E-state index contributed by atoms with van der Waals surface area (Å²) >= 11 is 0. The van der Waals surface area contributed by atoms with Gasteiger partial charge in [0.1, 0.15) is 11.5 Å². The van der Waals surface area contributed by atoms with Crippen molar-refractivity contribution in [2.45, 2.75) is 44.4 Å². The monoisotopic (exact) mass is 310 g/mol. The van der Waals surface area contributed by atoms with Crippen LogP contribution in [0.3, 0.4) is 0 Å². The van der Waals surface area contributed by atoms with E-state index in [1.165, 1.54) is 25.0 Å². The van der Waals surface area contributed by atoms with E-state index in [9.17, 15) is 15.0 Å². The number of benzene rings is 2. The third-order valence-corrected chi connectivity index (χ3v) is 4.74. The Hall–Kier alpha value is -2.29. The lowest BCUT2D eigenvalue weighted by Gasteiger charge is -2.19. The molecule has 0 heterocycles. The summed E-state index contributed by atoms with van der Waals surface area (Å²) < 4.78 is 0. The Labute approximate surface area is 136 Å². The van der Waals surface area contributed by atoms with Gasteiger partial charge in [-0.3, -0.25) is 4.79 Å². The lowest BCUT2D eigenvalue weighted by Crippen LogP contribution is -2.05. The maximum absolute atomic E-state index is 12.6. The third kappa shape index (κ3) is 3.24. The van der Waals surface area contributed by atoms with E-state index in [1.807, 2.05) is 6.07 Å². The molecule has 1 aliphatic carbocycles. The van der Waals surface area contributed by atoms with Crippen molar-refractivity contribution in [2.24, 2.45) is 0 Å². The second kappa shape index (κ2) is 6.86. The highest BCUT2D eigenvalue weighted by Crippen LogP contribution is 2.43. The Morgan fingerprint density at radius 3 is 2.17 bits per heavy atom. The van der Waals surface area contributed by atoms with Gasteiger partial charge in [-0.05, 0) is 30.9 Å². The normalized spacial score (nSPS) is 16.0. The summed E-state index contributed by atoms with van der Waals surface area (Å²) in [4.78, 5) is 12.6. The van der Waals surface area contributed by atoms with Gasteiger partial charge in [-0.25, -0.2) is 0 Å². The van der Waals surface area contributed by atoms with Gasteiger partial charge in [-0.1, -0.05) is 56.0 Å². The number of hydrogen-bond donors (Lipinski definition) is 2. The van der Waals surface area contributed by atoms with E-state index in [0.29, 0.717) is 11.1 Å². The number of phenolic OH excluding ortho intramolecular Hbond substituents is 2. The quantitative estimate of drug-likeness (QED) is 0.634. The van der Waals surface area contributed by atoms with E-state index in [0.717, 1.165) is 25.7 Å². The van der Waals surface area contributed by atoms with Crippen LogP contribution in [-0.2, 0) is 0 Å². The molecule has 2 N–H and O–H groups in total. The zero-order chi connectivity index (χ0) is 16.2. The average Bonchev–Trinajstić information content (AvgIpc) is 2.85. The molecule has 0 saturated heterocycles. The molecule has 1 aliphatic rings. The smallest absolute Gasteiger partial charge is 0.196 e. The minimum Gasteiger partial charge on any atom is -0.508 e. The molecule has 0 radical (unpaired) electrons. The number of carbonyl (C=O) groups is 1. The molecule has 3 nitrogen and oxygen atoms in total. The molecule has 2 aromatic rings. The summed E-state index contributed by atoms with van der Waals surface area (Å²) in [5, 5.41) is 20.9. The SMILES string of the molecule is O=C(c1ccccc1)c1ccc(O)c(C2CCCCCC2)c1O. The van der Waals surface area contributed by atoms with E-state index in [-0.39, 0.29) is 28.8 Å². The minimum absolute atomic E-state index is 0.0502. The first-order valence-corrected chi connectivity index (χ1v) is 8.33. The largest absolute Gasteiger partial charge is 0.508 e. The second-order valence-electron chi connectivity index (χ2n) is 6.28. The summed E-state index contributed by atoms with van der Waals surface area (Å²) in [5.74, 6) is -0.0382. The summed E-state index contributed by atoms with van der Waals surface area (Å²) in [5.41, 5.74) is 1.36. The van der Waals surface area contributed by atoms with E-state index in [4.69, 9.17) is 0 Å². The Balaban J connectivity index is 2.00. The molecule has 0 amide bonds. The molecule has 0 bridgehead atoms. The molecular formula is C20H22O3. The number of hydrogen-bond acceptors (Lipinski definition) is 3. The fourth-order valence-electron chi connectivity index (χ4n) is 3.50.